The second-order valence-corrected chi connectivity index (χ2v) is 3.66. The highest BCUT2D eigenvalue weighted by Crippen LogP contribution is 2.10. The third kappa shape index (κ3) is 2.96. The summed E-state index contributed by atoms with van der Waals surface area (Å²) >= 11 is 0. The number of carbonyl (C=O) groups excluding carboxylic acids is 1. The summed E-state index contributed by atoms with van der Waals surface area (Å²) in [6.07, 6.45) is 0.530. The quantitative estimate of drug-likeness (QED) is 0.783. The Morgan fingerprint density at radius 3 is 2.57 bits per heavy atom. The van der Waals surface area contributed by atoms with Gasteiger partial charge in [0.1, 0.15) is 0 Å². The van der Waals surface area contributed by atoms with Gasteiger partial charge in [0.25, 0.3) is 0 Å². The SMILES string of the molecule is CNCC(=O)Cc1ccc(C)c(C)c1. The van der Waals surface area contributed by atoms with Gasteiger partial charge < -0.3 is 5.32 Å². The van der Waals surface area contributed by atoms with E-state index in [0.29, 0.717) is 13.0 Å². The molecule has 0 unspecified atom stereocenters. The summed E-state index contributed by atoms with van der Waals surface area (Å²) in [5.41, 5.74) is 3.63. The van der Waals surface area contributed by atoms with Gasteiger partial charge in [0, 0.05) is 6.42 Å². The molecule has 0 aliphatic carbocycles. The van der Waals surface area contributed by atoms with Crippen LogP contribution < -0.4 is 5.32 Å². The van der Waals surface area contributed by atoms with Gasteiger partial charge in [0.05, 0.1) is 6.54 Å². The zero-order chi connectivity index (χ0) is 10.6. The molecule has 0 spiro atoms. The topological polar surface area (TPSA) is 29.1 Å². The number of nitrogens with one attached hydrogen (secondary N) is 1. The molecule has 0 fully saturated rings. The number of aryl methyl sites for hydroxylation is 2. The van der Waals surface area contributed by atoms with Crippen molar-refractivity contribution in [3.63, 3.8) is 0 Å². The molecule has 0 aliphatic heterocycles. The number of rotatable bonds is 4. The van der Waals surface area contributed by atoms with Crippen molar-refractivity contribution in [3.8, 4) is 0 Å². The Morgan fingerprint density at radius 1 is 1.29 bits per heavy atom. The maximum atomic E-state index is 11.3. The van der Waals surface area contributed by atoms with E-state index in [1.807, 2.05) is 6.07 Å². The van der Waals surface area contributed by atoms with Crippen LogP contribution in [0.1, 0.15) is 16.7 Å². The van der Waals surface area contributed by atoms with Crippen molar-refractivity contribution in [1.82, 2.24) is 5.32 Å². The maximum Gasteiger partial charge on any atom is 0.150 e. The Morgan fingerprint density at radius 2 is 2.00 bits per heavy atom. The lowest BCUT2D eigenvalue weighted by molar-refractivity contribution is -0.117. The van der Waals surface area contributed by atoms with Gasteiger partial charge in [-0.2, -0.15) is 0 Å². The Labute approximate surface area is 85.3 Å². The number of likely N-dealkylation sites (N-methyl/N-ethyl adjacent to an activating group) is 1. The van der Waals surface area contributed by atoms with E-state index in [0.717, 1.165) is 5.56 Å². The van der Waals surface area contributed by atoms with E-state index in [1.54, 1.807) is 7.05 Å². The molecular formula is C12H17NO. The molecule has 1 N–H and O–H groups in total. The van der Waals surface area contributed by atoms with E-state index in [-0.39, 0.29) is 5.78 Å². The zero-order valence-corrected chi connectivity index (χ0v) is 9.05. The van der Waals surface area contributed by atoms with Crippen molar-refractivity contribution < 1.29 is 4.79 Å². The first-order chi connectivity index (χ1) is 6.63. The van der Waals surface area contributed by atoms with Crippen LogP contribution >= 0.6 is 0 Å². The van der Waals surface area contributed by atoms with Crippen LogP contribution in [0.25, 0.3) is 0 Å². The average molecular weight is 191 g/mol. The summed E-state index contributed by atoms with van der Waals surface area (Å²) in [6, 6.07) is 6.18. The predicted molar refractivity (Wildman–Crippen MR) is 58.6 cm³/mol. The fourth-order valence-electron chi connectivity index (χ4n) is 1.40. The monoisotopic (exact) mass is 191 g/mol. The maximum absolute atomic E-state index is 11.3. The zero-order valence-electron chi connectivity index (χ0n) is 9.05. The highest BCUT2D eigenvalue weighted by Gasteiger charge is 2.02. The van der Waals surface area contributed by atoms with Crippen LogP contribution in [0.3, 0.4) is 0 Å². The minimum Gasteiger partial charge on any atom is -0.313 e. The van der Waals surface area contributed by atoms with Crippen molar-refractivity contribution in [2.45, 2.75) is 20.3 Å². The summed E-state index contributed by atoms with van der Waals surface area (Å²) in [7, 11) is 1.79. The first-order valence-corrected chi connectivity index (χ1v) is 4.86. The molecule has 0 saturated carbocycles. The summed E-state index contributed by atoms with van der Waals surface area (Å²) in [5.74, 6) is 0.232. The van der Waals surface area contributed by atoms with Crippen LogP contribution in [-0.4, -0.2) is 19.4 Å². The second kappa shape index (κ2) is 4.91. The molecule has 0 heterocycles. The largest absolute Gasteiger partial charge is 0.313 e. The lowest BCUT2D eigenvalue weighted by Crippen LogP contribution is -2.20. The lowest BCUT2D eigenvalue weighted by atomic mass is 10.0. The summed E-state index contributed by atoms with van der Waals surface area (Å²) < 4.78 is 0. The van der Waals surface area contributed by atoms with Crippen LogP contribution in [0, 0.1) is 13.8 Å². The highest BCUT2D eigenvalue weighted by atomic mass is 16.1. The standard InChI is InChI=1S/C12H17NO/c1-9-4-5-11(6-10(9)2)7-12(14)8-13-3/h4-6,13H,7-8H2,1-3H3. The van der Waals surface area contributed by atoms with Gasteiger partial charge in [-0.25, -0.2) is 0 Å². The Kier molecular flexibility index (Phi) is 3.84. The van der Waals surface area contributed by atoms with E-state index < -0.39 is 0 Å². The fourth-order valence-corrected chi connectivity index (χ4v) is 1.40. The molecule has 0 radical (unpaired) electrons. The first kappa shape index (κ1) is 10.9. The van der Waals surface area contributed by atoms with Gasteiger partial charge in [-0.05, 0) is 37.6 Å². The van der Waals surface area contributed by atoms with Crippen molar-refractivity contribution in [1.29, 1.82) is 0 Å². The molecule has 76 valence electrons. The second-order valence-electron chi connectivity index (χ2n) is 3.66. The van der Waals surface area contributed by atoms with Gasteiger partial charge in [0.2, 0.25) is 0 Å². The number of benzene rings is 1. The van der Waals surface area contributed by atoms with Gasteiger partial charge in [-0.15, -0.1) is 0 Å². The molecule has 2 nitrogen and oxygen atoms in total. The van der Waals surface area contributed by atoms with Gasteiger partial charge >= 0.3 is 0 Å². The molecule has 1 aromatic carbocycles. The molecule has 1 rings (SSSR count). The van der Waals surface area contributed by atoms with Gasteiger partial charge in [-0.3, -0.25) is 4.79 Å². The van der Waals surface area contributed by atoms with Crippen LogP contribution in [0.4, 0.5) is 0 Å². The average Bonchev–Trinajstić information content (AvgIpc) is 2.12. The van der Waals surface area contributed by atoms with Gasteiger partial charge in [-0.1, -0.05) is 18.2 Å². The minimum absolute atomic E-state index is 0.232. The lowest BCUT2D eigenvalue weighted by Gasteiger charge is -2.04. The molecule has 14 heavy (non-hydrogen) atoms. The first-order valence-electron chi connectivity index (χ1n) is 4.86. The van der Waals surface area contributed by atoms with Crippen molar-refractivity contribution in [2.24, 2.45) is 0 Å². The van der Waals surface area contributed by atoms with Crippen molar-refractivity contribution >= 4 is 5.78 Å². The normalized spacial score (nSPS) is 10.2. The van der Waals surface area contributed by atoms with E-state index in [9.17, 15) is 4.79 Å². The fraction of sp³-hybridized carbons (Fsp3) is 0.417. The molecular weight excluding hydrogens is 174 g/mol. The van der Waals surface area contributed by atoms with E-state index >= 15 is 0 Å². The summed E-state index contributed by atoms with van der Waals surface area (Å²) in [4.78, 5) is 11.3. The van der Waals surface area contributed by atoms with Crippen LogP contribution in [0.15, 0.2) is 18.2 Å². The van der Waals surface area contributed by atoms with Crippen LogP contribution in [0.5, 0.6) is 0 Å². The highest BCUT2D eigenvalue weighted by molar-refractivity contribution is 5.82. The van der Waals surface area contributed by atoms with Gasteiger partial charge in [0.15, 0.2) is 5.78 Å². The molecule has 0 amide bonds. The minimum atomic E-state index is 0.232. The van der Waals surface area contributed by atoms with Crippen LogP contribution in [0.2, 0.25) is 0 Å². The number of hydrogen-bond acceptors (Lipinski definition) is 2. The number of carbonyl (C=O) groups is 1. The predicted octanol–water partition coefficient (Wildman–Crippen LogP) is 1.63. The molecule has 0 aromatic heterocycles. The van der Waals surface area contributed by atoms with Crippen molar-refractivity contribution in [3.05, 3.63) is 34.9 Å². The molecule has 0 saturated heterocycles. The Bertz CT molecular complexity index is 331. The van der Waals surface area contributed by atoms with E-state index in [2.05, 4.69) is 31.3 Å². The molecule has 1 aromatic rings. The molecule has 0 atom stereocenters. The van der Waals surface area contributed by atoms with E-state index in [1.165, 1.54) is 11.1 Å². The summed E-state index contributed by atoms with van der Waals surface area (Å²) in [5, 5.41) is 2.86. The third-order valence-corrected chi connectivity index (χ3v) is 2.35. The molecule has 0 aliphatic rings. The van der Waals surface area contributed by atoms with Crippen LogP contribution in [-0.2, 0) is 11.2 Å². The Balaban J connectivity index is 2.68. The van der Waals surface area contributed by atoms with E-state index in [4.69, 9.17) is 0 Å². The molecule has 2 heteroatoms. The number of ketones is 1. The van der Waals surface area contributed by atoms with Crippen molar-refractivity contribution in [2.75, 3.05) is 13.6 Å². The number of Topliss-reactive ketones (excluding diaryl/α,β-unsaturated/α-hetero) is 1. The smallest absolute Gasteiger partial charge is 0.150 e. The molecule has 0 bridgehead atoms. The number of hydrogen-bond donors (Lipinski definition) is 1. The Hall–Kier alpha value is -1.15. The summed E-state index contributed by atoms with van der Waals surface area (Å²) in [6.45, 7) is 4.60. The third-order valence-electron chi connectivity index (χ3n) is 2.35.